The topological polar surface area (TPSA) is 111 Å². The van der Waals surface area contributed by atoms with E-state index in [0.717, 1.165) is 87.1 Å². The van der Waals surface area contributed by atoms with Gasteiger partial charge in [-0.1, -0.05) is 65.5 Å². The zero-order valence-electron chi connectivity index (χ0n) is 30.3. The van der Waals surface area contributed by atoms with Crippen LogP contribution in [0.3, 0.4) is 0 Å². The van der Waals surface area contributed by atoms with Gasteiger partial charge in [0.1, 0.15) is 6.10 Å². The number of esters is 1. The van der Waals surface area contributed by atoms with Gasteiger partial charge in [-0.25, -0.2) is 4.79 Å². The van der Waals surface area contributed by atoms with Gasteiger partial charge in [0.2, 0.25) is 0 Å². The number of amides is 1. The third kappa shape index (κ3) is 8.77. The van der Waals surface area contributed by atoms with Crippen LogP contribution in [-0.4, -0.2) is 62.1 Å². The van der Waals surface area contributed by atoms with Gasteiger partial charge in [0.05, 0.1) is 0 Å². The number of ether oxygens (including phenoxy) is 1. The Hall–Kier alpha value is -1.44. The summed E-state index contributed by atoms with van der Waals surface area (Å²) in [5.41, 5.74) is 13.5. The fourth-order valence-electron chi connectivity index (χ4n) is 10.6. The van der Waals surface area contributed by atoms with Gasteiger partial charge >= 0.3 is 11.9 Å². The summed E-state index contributed by atoms with van der Waals surface area (Å²) in [6, 6.07) is 0. The molecular weight excluding hydrogens is 572 g/mol. The number of nitrogens with two attached hydrogens (primary N) is 2. The van der Waals surface area contributed by atoms with Crippen molar-refractivity contribution in [2.45, 2.75) is 137 Å². The average Bonchev–Trinajstić information content (AvgIpc) is 3.39. The molecule has 0 radical (unpaired) electrons. The molecule has 0 aromatic carbocycles. The summed E-state index contributed by atoms with van der Waals surface area (Å²) in [6.07, 6.45) is 19.3. The van der Waals surface area contributed by atoms with E-state index < -0.39 is 11.9 Å². The van der Waals surface area contributed by atoms with E-state index in [2.05, 4.69) is 46.0 Å². The third-order valence-electron chi connectivity index (χ3n) is 13.2. The van der Waals surface area contributed by atoms with Gasteiger partial charge in [0, 0.05) is 19.5 Å². The molecule has 7 heteroatoms. The second-order valence-corrected chi connectivity index (χ2v) is 16.6. The molecule has 5 N–H and O–H groups in total. The molecule has 4 aliphatic carbocycles. The van der Waals surface area contributed by atoms with Crippen LogP contribution in [0.15, 0.2) is 11.6 Å². The summed E-state index contributed by atoms with van der Waals surface area (Å²) in [7, 11) is 0. The monoisotopic (exact) mass is 643 g/mol. The van der Waals surface area contributed by atoms with Crippen molar-refractivity contribution in [1.29, 1.82) is 0 Å². The number of hydrogen-bond donors (Lipinski definition) is 3. The predicted octanol–water partition coefficient (Wildman–Crippen LogP) is 6.84. The molecule has 0 aromatic heterocycles. The molecule has 0 aliphatic heterocycles. The molecule has 0 saturated heterocycles. The summed E-state index contributed by atoms with van der Waals surface area (Å²) in [4.78, 5) is 28.0. The largest absolute Gasteiger partial charge is 0.455 e. The van der Waals surface area contributed by atoms with Crippen molar-refractivity contribution in [1.82, 2.24) is 10.2 Å². The first kappa shape index (κ1) is 37.4. The Balaban J connectivity index is 1.32. The Morgan fingerprint density at radius 2 is 1.65 bits per heavy atom. The van der Waals surface area contributed by atoms with Crippen molar-refractivity contribution in [2.24, 2.45) is 57.8 Å². The van der Waals surface area contributed by atoms with Crippen molar-refractivity contribution >= 4 is 11.9 Å². The number of carbonyl (C=O) groups excluding carboxylic acids is 2. The SMILES string of the molecule is CC(C)CCCC(C)[C@H]1CC[C@H]2[C@@H]3CC=C4C[C@@H](OC(=O)C(=O)N(CCCN)CCCCNCCCN)CC[C@]4(C)[C@H]3CC[C@]12C. The lowest BCUT2D eigenvalue weighted by Gasteiger charge is -2.58. The zero-order valence-corrected chi connectivity index (χ0v) is 30.3. The van der Waals surface area contributed by atoms with E-state index in [-0.39, 0.29) is 11.5 Å². The molecule has 1 unspecified atom stereocenters. The lowest BCUT2D eigenvalue weighted by Crippen LogP contribution is -2.51. The van der Waals surface area contributed by atoms with Crippen LogP contribution in [0.4, 0.5) is 0 Å². The Labute approximate surface area is 281 Å². The van der Waals surface area contributed by atoms with Crippen molar-refractivity contribution in [3.63, 3.8) is 0 Å². The summed E-state index contributed by atoms with van der Waals surface area (Å²) < 4.78 is 5.96. The molecule has 1 amide bonds. The average molecular weight is 643 g/mol. The fraction of sp³-hybridized carbons (Fsp3) is 0.897. The van der Waals surface area contributed by atoms with E-state index in [4.69, 9.17) is 16.2 Å². The highest BCUT2D eigenvalue weighted by Crippen LogP contribution is 2.67. The summed E-state index contributed by atoms with van der Waals surface area (Å²) in [5.74, 6) is 3.68. The van der Waals surface area contributed by atoms with Crippen LogP contribution in [0.25, 0.3) is 0 Å². The first-order chi connectivity index (χ1) is 22.0. The Bertz CT molecular complexity index is 1020. The van der Waals surface area contributed by atoms with Crippen molar-refractivity contribution in [2.75, 3.05) is 39.3 Å². The zero-order chi connectivity index (χ0) is 33.3. The molecule has 264 valence electrons. The highest BCUT2D eigenvalue weighted by molar-refractivity contribution is 6.32. The maximum absolute atomic E-state index is 13.2. The normalized spacial score (nSPS) is 32.7. The van der Waals surface area contributed by atoms with Crippen LogP contribution in [0.1, 0.15) is 131 Å². The minimum Gasteiger partial charge on any atom is -0.455 e. The first-order valence-corrected chi connectivity index (χ1v) is 19.3. The van der Waals surface area contributed by atoms with E-state index in [1.807, 2.05) is 0 Å². The second-order valence-electron chi connectivity index (χ2n) is 16.6. The maximum Gasteiger partial charge on any atom is 0.397 e. The number of nitrogens with zero attached hydrogens (tertiary/aromatic N) is 1. The van der Waals surface area contributed by atoms with Crippen molar-refractivity contribution in [3.05, 3.63) is 11.6 Å². The number of rotatable bonds is 17. The Kier molecular flexibility index (Phi) is 14.0. The van der Waals surface area contributed by atoms with Gasteiger partial charge < -0.3 is 26.4 Å². The Morgan fingerprint density at radius 1 is 0.913 bits per heavy atom. The summed E-state index contributed by atoms with van der Waals surface area (Å²) in [6.45, 7) is 16.5. The minimum absolute atomic E-state index is 0.198. The van der Waals surface area contributed by atoms with Gasteiger partial charge in [0.25, 0.3) is 0 Å². The standard InChI is InChI=1S/C39H70N4O3/c1-28(2)11-8-12-29(3)33-15-16-34-32-14-13-30-27-31(17-19-38(30,4)35(32)18-20-39(33,34)5)46-37(45)36(44)43(26-10-22-41)25-7-6-23-42-24-9-21-40/h13,28-29,31-35,42H,6-12,14-27,40-41H2,1-5H3/t29?,31-,32-,33+,34-,35-,38-,39+/m0/s1. The van der Waals surface area contributed by atoms with E-state index >= 15 is 0 Å². The fourth-order valence-corrected chi connectivity index (χ4v) is 10.6. The molecule has 0 bridgehead atoms. The molecule has 8 atom stereocenters. The number of fused-ring (bicyclic) bond motifs is 5. The second kappa shape index (κ2) is 17.3. The van der Waals surface area contributed by atoms with Crippen LogP contribution in [0, 0.1) is 46.3 Å². The molecule has 0 aromatic rings. The summed E-state index contributed by atoms with van der Waals surface area (Å²) >= 11 is 0. The molecule has 7 nitrogen and oxygen atoms in total. The molecule has 0 spiro atoms. The Morgan fingerprint density at radius 3 is 2.39 bits per heavy atom. The van der Waals surface area contributed by atoms with Crippen LogP contribution in [0.2, 0.25) is 0 Å². The highest BCUT2D eigenvalue weighted by Gasteiger charge is 2.59. The number of carbonyl (C=O) groups is 2. The van der Waals surface area contributed by atoms with Crippen molar-refractivity contribution in [3.8, 4) is 0 Å². The predicted molar refractivity (Wildman–Crippen MR) is 189 cm³/mol. The molecule has 3 saturated carbocycles. The molecule has 4 aliphatic rings. The smallest absolute Gasteiger partial charge is 0.397 e. The van der Waals surface area contributed by atoms with Gasteiger partial charge in [-0.3, -0.25) is 4.79 Å². The molecule has 4 rings (SSSR count). The first-order valence-electron chi connectivity index (χ1n) is 19.3. The number of hydrogen-bond acceptors (Lipinski definition) is 6. The quantitative estimate of drug-likeness (QED) is 0.0694. The van der Waals surface area contributed by atoms with Gasteiger partial charge in [-0.2, -0.15) is 0 Å². The number of allylic oxidation sites excluding steroid dienone is 1. The van der Waals surface area contributed by atoms with Crippen LogP contribution in [0.5, 0.6) is 0 Å². The summed E-state index contributed by atoms with van der Waals surface area (Å²) in [5, 5.41) is 3.38. The van der Waals surface area contributed by atoms with E-state index in [0.29, 0.717) is 38.0 Å². The molecule has 0 heterocycles. The van der Waals surface area contributed by atoms with Crippen molar-refractivity contribution < 1.29 is 14.3 Å². The maximum atomic E-state index is 13.2. The minimum atomic E-state index is -0.686. The van der Waals surface area contributed by atoms with E-state index in [1.165, 1.54) is 56.9 Å². The van der Waals surface area contributed by atoms with E-state index in [1.54, 1.807) is 4.90 Å². The molecule has 46 heavy (non-hydrogen) atoms. The van der Waals surface area contributed by atoms with Crippen LogP contribution >= 0.6 is 0 Å². The van der Waals surface area contributed by atoms with Gasteiger partial charge in [-0.05, 0) is 143 Å². The third-order valence-corrected chi connectivity index (χ3v) is 13.2. The number of unbranched alkanes of at least 4 members (excludes halogenated alkanes) is 1. The molecule has 3 fully saturated rings. The molecular formula is C39H70N4O3. The van der Waals surface area contributed by atoms with Gasteiger partial charge in [0.15, 0.2) is 0 Å². The highest BCUT2D eigenvalue weighted by atomic mass is 16.5. The van der Waals surface area contributed by atoms with Crippen LogP contribution < -0.4 is 16.8 Å². The lowest BCUT2D eigenvalue weighted by molar-refractivity contribution is -0.165. The van der Waals surface area contributed by atoms with Gasteiger partial charge in [-0.15, -0.1) is 0 Å². The van der Waals surface area contributed by atoms with Crippen LogP contribution in [-0.2, 0) is 14.3 Å². The van der Waals surface area contributed by atoms with E-state index in [9.17, 15) is 9.59 Å². The number of nitrogens with one attached hydrogen (secondary N) is 1. The lowest BCUT2D eigenvalue weighted by atomic mass is 9.47.